The Hall–Kier alpha value is -2.04. The number of carbonyl (C=O) groups is 2. The monoisotopic (exact) mass is 234 g/mol. The van der Waals surface area contributed by atoms with Gasteiger partial charge in [0.2, 0.25) is 0 Å². The average Bonchev–Trinajstić information content (AvgIpc) is 2.82. The molecule has 1 aromatic rings. The molecule has 1 amide bonds. The van der Waals surface area contributed by atoms with E-state index in [4.69, 9.17) is 0 Å². The van der Waals surface area contributed by atoms with Gasteiger partial charge in [0, 0.05) is 17.8 Å². The summed E-state index contributed by atoms with van der Waals surface area (Å²) in [6, 6.07) is 5.47. The van der Waals surface area contributed by atoms with E-state index in [1.54, 1.807) is 6.07 Å². The molecular weight excluding hydrogens is 220 g/mol. The largest absolute Gasteiger partial charge is 0.468 e. The van der Waals surface area contributed by atoms with Crippen LogP contribution >= 0.6 is 0 Å². The van der Waals surface area contributed by atoms with Gasteiger partial charge >= 0.3 is 5.97 Å². The third kappa shape index (κ3) is 2.55. The molecule has 0 atom stereocenters. The molecule has 1 aliphatic rings. The molecule has 0 bridgehead atoms. The first-order valence-corrected chi connectivity index (χ1v) is 5.42. The van der Waals surface area contributed by atoms with Gasteiger partial charge in [-0.3, -0.25) is 9.59 Å². The van der Waals surface area contributed by atoms with Crippen molar-refractivity contribution in [3.8, 4) is 0 Å². The summed E-state index contributed by atoms with van der Waals surface area (Å²) in [4.78, 5) is 22.6. The molecule has 0 unspecified atom stereocenters. The number of carbonyl (C=O) groups excluding carboxylic acids is 2. The van der Waals surface area contributed by atoms with Gasteiger partial charge in [-0.05, 0) is 30.2 Å². The van der Waals surface area contributed by atoms with E-state index in [2.05, 4.69) is 15.4 Å². The molecule has 2 N–H and O–H groups in total. The molecular formula is C12H14N2O3. The Morgan fingerprint density at radius 2 is 2.29 bits per heavy atom. The highest BCUT2D eigenvalue weighted by atomic mass is 16.5. The quantitative estimate of drug-likeness (QED) is 0.750. The second kappa shape index (κ2) is 4.86. The topological polar surface area (TPSA) is 67.4 Å². The summed E-state index contributed by atoms with van der Waals surface area (Å²) in [5.41, 5.74) is 2.78. The van der Waals surface area contributed by atoms with Crippen LogP contribution in [0.5, 0.6) is 0 Å². The highest BCUT2D eigenvalue weighted by Gasteiger charge is 2.13. The molecule has 5 nitrogen and oxygen atoms in total. The zero-order chi connectivity index (χ0) is 12.3. The lowest BCUT2D eigenvalue weighted by atomic mass is 10.1. The van der Waals surface area contributed by atoms with Crippen LogP contribution in [0.1, 0.15) is 15.9 Å². The zero-order valence-electron chi connectivity index (χ0n) is 9.58. The Labute approximate surface area is 99.2 Å². The predicted octanol–water partition coefficient (Wildman–Crippen LogP) is 0.557. The van der Waals surface area contributed by atoms with Crippen LogP contribution in [-0.4, -0.2) is 32.1 Å². The number of esters is 1. The summed E-state index contributed by atoms with van der Waals surface area (Å²) in [7, 11) is 1.29. The number of amides is 1. The Kier molecular flexibility index (Phi) is 3.27. The zero-order valence-corrected chi connectivity index (χ0v) is 9.58. The highest BCUT2D eigenvalue weighted by molar-refractivity contribution is 5.96. The third-order valence-electron chi connectivity index (χ3n) is 2.70. The summed E-state index contributed by atoms with van der Waals surface area (Å²) in [6.45, 7) is 0.799. The molecule has 0 spiro atoms. The van der Waals surface area contributed by atoms with Gasteiger partial charge in [0.1, 0.15) is 6.54 Å². The van der Waals surface area contributed by atoms with Crippen molar-refractivity contribution in [3.05, 3.63) is 29.3 Å². The lowest BCUT2D eigenvalue weighted by Crippen LogP contribution is -2.30. The number of nitrogens with one attached hydrogen (secondary N) is 2. The number of benzene rings is 1. The van der Waals surface area contributed by atoms with Gasteiger partial charge in [-0.15, -0.1) is 0 Å². The number of anilines is 1. The number of methoxy groups -OCH3 is 1. The molecule has 0 fully saturated rings. The lowest BCUT2D eigenvalue weighted by molar-refractivity contribution is -0.139. The van der Waals surface area contributed by atoms with Crippen LogP contribution in [0.3, 0.4) is 0 Å². The van der Waals surface area contributed by atoms with E-state index in [-0.39, 0.29) is 12.5 Å². The van der Waals surface area contributed by atoms with Crippen molar-refractivity contribution in [2.24, 2.45) is 0 Å². The number of hydrogen-bond donors (Lipinski definition) is 2. The molecule has 0 saturated carbocycles. The molecule has 5 heteroatoms. The molecule has 1 aromatic carbocycles. The Morgan fingerprint density at radius 1 is 1.47 bits per heavy atom. The molecule has 2 rings (SSSR count). The van der Waals surface area contributed by atoms with Crippen LogP contribution in [0.4, 0.5) is 5.69 Å². The molecule has 0 saturated heterocycles. The van der Waals surface area contributed by atoms with E-state index < -0.39 is 5.97 Å². The predicted molar refractivity (Wildman–Crippen MR) is 63.0 cm³/mol. The second-order valence-corrected chi connectivity index (χ2v) is 3.81. The minimum atomic E-state index is -0.457. The Balaban J connectivity index is 2.02. The van der Waals surface area contributed by atoms with Crippen LogP contribution in [-0.2, 0) is 16.0 Å². The number of hydrogen-bond acceptors (Lipinski definition) is 4. The van der Waals surface area contributed by atoms with Crippen LogP contribution in [0, 0.1) is 0 Å². The smallest absolute Gasteiger partial charge is 0.325 e. The van der Waals surface area contributed by atoms with Crippen molar-refractivity contribution >= 4 is 17.6 Å². The maximum atomic E-state index is 11.7. The maximum Gasteiger partial charge on any atom is 0.325 e. The molecule has 0 aliphatic carbocycles. The van der Waals surface area contributed by atoms with Crippen molar-refractivity contribution < 1.29 is 14.3 Å². The highest BCUT2D eigenvalue weighted by Crippen LogP contribution is 2.22. The number of ether oxygens (including phenoxy) is 1. The summed E-state index contributed by atoms with van der Waals surface area (Å²) >= 11 is 0. The Bertz CT molecular complexity index is 457. The first-order valence-electron chi connectivity index (χ1n) is 5.42. The van der Waals surface area contributed by atoms with Gasteiger partial charge in [-0.1, -0.05) is 0 Å². The maximum absolute atomic E-state index is 11.7. The summed E-state index contributed by atoms with van der Waals surface area (Å²) in [5.74, 6) is -0.716. The molecule has 1 aliphatic heterocycles. The fourth-order valence-electron chi connectivity index (χ4n) is 1.77. The minimum absolute atomic E-state index is 0.106. The van der Waals surface area contributed by atoms with Gasteiger partial charge in [0.15, 0.2) is 0 Å². The first-order chi connectivity index (χ1) is 8.20. The van der Waals surface area contributed by atoms with E-state index in [1.807, 2.05) is 12.1 Å². The fourth-order valence-corrected chi connectivity index (χ4v) is 1.77. The van der Waals surface area contributed by atoms with Crippen molar-refractivity contribution in [3.63, 3.8) is 0 Å². The summed E-state index contributed by atoms with van der Waals surface area (Å²) in [6.07, 6.45) is 0.924. The molecule has 1 heterocycles. The molecule has 0 radical (unpaired) electrons. The Morgan fingerprint density at radius 3 is 3.06 bits per heavy atom. The number of fused-ring (bicyclic) bond motifs is 1. The third-order valence-corrected chi connectivity index (χ3v) is 2.70. The lowest BCUT2D eigenvalue weighted by Gasteiger charge is -2.05. The van der Waals surface area contributed by atoms with Gasteiger partial charge in [0.05, 0.1) is 7.11 Å². The standard InChI is InChI=1S/C12H14N2O3/c1-17-11(15)7-14-12(16)9-2-3-10-8(6-9)4-5-13-10/h2-3,6,13H,4-5,7H2,1H3,(H,14,16). The van der Waals surface area contributed by atoms with E-state index in [9.17, 15) is 9.59 Å². The van der Waals surface area contributed by atoms with E-state index >= 15 is 0 Å². The van der Waals surface area contributed by atoms with E-state index in [0.717, 1.165) is 24.2 Å². The normalized spacial score (nSPS) is 12.5. The van der Waals surface area contributed by atoms with Crippen molar-refractivity contribution in [1.82, 2.24) is 5.32 Å². The molecule has 0 aromatic heterocycles. The van der Waals surface area contributed by atoms with Gasteiger partial charge < -0.3 is 15.4 Å². The van der Waals surface area contributed by atoms with Gasteiger partial charge in [-0.2, -0.15) is 0 Å². The molecule has 17 heavy (non-hydrogen) atoms. The second-order valence-electron chi connectivity index (χ2n) is 3.81. The van der Waals surface area contributed by atoms with E-state index in [1.165, 1.54) is 7.11 Å². The van der Waals surface area contributed by atoms with Crippen molar-refractivity contribution in [2.45, 2.75) is 6.42 Å². The molecule has 90 valence electrons. The van der Waals surface area contributed by atoms with Crippen LogP contribution in [0.2, 0.25) is 0 Å². The van der Waals surface area contributed by atoms with Gasteiger partial charge in [0.25, 0.3) is 5.91 Å². The van der Waals surface area contributed by atoms with Gasteiger partial charge in [-0.25, -0.2) is 0 Å². The van der Waals surface area contributed by atoms with E-state index in [0.29, 0.717) is 5.56 Å². The first kappa shape index (κ1) is 11.4. The van der Waals surface area contributed by atoms with Crippen LogP contribution in [0.15, 0.2) is 18.2 Å². The minimum Gasteiger partial charge on any atom is -0.468 e. The summed E-state index contributed by atoms with van der Waals surface area (Å²) < 4.78 is 4.45. The average molecular weight is 234 g/mol. The SMILES string of the molecule is COC(=O)CNC(=O)c1ccc2c(c1)CCN2. The van der Waals surface area contributed by atoms with Crippen LogP contribution in [0.25, 0.3) is 0 Å². The fraction of sp³-hybridized carbons (Fsp3) is 0.333. The van der Waals surface area contributed by atoms with Crippen molar-refractivity contribution in [2.75, 3.05) is 25.5 Å². The van der Waals surface area contributed by atoms with Crippen molar-refractivity contribution in [1.29, 1.82) is 0 Å². The van der Waals surface area contributed by atoms with Crippen LogP contribution < -0.4 is 10.6 Å². The summed E-state index contributed by atoms with van der Waals surface area (Å²) in [5, 5.41) is 5.73. The number of rotatable bonds is 3.